The molecule has 0 saturated carbocycles. The molecule has 3 aromatic carbocycles. The van der Waals surface area contributed by atoms with Crippen LogP contribution in [0.2, 0.25) is 0 Å². The summed E-state index contributed by atoms with van der Waals surface area (Å²) in [6, 6.07) is 19.6. The van der Waals surface area contributed by atoms with Crippen LogP contribution in [-0.2, 0) is 0 Å². The molecule has 8 heteroatoms. The van der Waals surface area contributed by atoms with E-state index < -0.39 is 11.9 Å². The molecule has 1 unspecified atom stereocenters. The Morgan fingerprint density at radius 2 is 1.73 bits per heavy atom. The molecule has 0 aromatic heterocycles. The summed E-state index contributed by atoms with van der Waals surface area (Å²) in [7, 11) is 0. The van der Waals surface area contributed by atoms with Gasteiger partial charge in [0.05, 0.1) is 31.3 Å². The van der Waals surface area contributed by atoms with Gasteiger partial charge in [-0.15, -0.1) is 0 Å². The molecule has 1 heterocycles. The second kappa shape index (κ2) is 12.9. The number of nitrogens with two attached hydrogens (primary N) is 1. The van der Waals surface area contributed by atoms with Gasteiger partial charge in [-0.25, -0.2) is 4.79 Å². The largest absolute Gasteiger partial charge is 0.493 e. The maximum absolute atomic E-state index is 12.8. The van der Waals surface area contributed by atoms with Crippen molar-refractivity contribution in [3.63, 3.8) is 0 Å². The fourth-order valence-corrected chi connectivity index (χ4v) is 4.26. The Morgan fingerprint density at radius 1 is 0.975 bits per heavy atom. The molecule has 0 bridgehead atoms. The highest BCUT2D eigenvalue weighted by atomic mass is 16.5. The molecule has 8 nitrogen and oxygen atoms in total. The second-order valence-corrected chi connectivity index (χ2v) is 9.73. The first-order valence-electron chi connectivity index (χ1n) is 13.4. The van der Waals surface area contributed by atoms with Crippen molar-refractivity contribution in [2.24, 2.45) is 11.7 Å². The topological polar surface area (TPSA) is 113 Å². The highest BCUT2D eigenvalue weighted by molar-refractivity contribution is 5.91. The van der Waals surface area contributed by atoms with Crippen molar-refractivity contribution in [2.75, 3.05) is 19.8 Å². The molecule has 0 saturated heterocycles. The van der Waals surface area contributed by atoms with E-state index in [9.17, 15) is 10.1 Å². The van der Waals surface area contributed by atoms with Gasteiger partial charge in [-0.1, -0.05) is 32.9 Å². The lowest BCUT2D eigenvalue weighted by atomic mass is 9.83. The van der Waals surface area contributed by atoms with Crippen LogP contribution in [-0.4, -0.2) is 25.8 Å². The number of nitrogens with zero attached hydrogens (tertiary/aromatic N) is 1. The Balaban J connectivity index is 1.60. The van der Waals surface area contributed by atoms with Crippen LogP contribution in [0.1, 0.15) is 61.5 Å². The normalized spacial score (nSPS) is 14.2. The Labute approximate surface area is 234 Å². The van der Waals surface area contributed by atoms with Gasteiger partial charge in [-0.2, -0.15) is 5.26 Å². The predicted octanol–water partition coefficient (Wildman–Crippen LogP) is 6.35. The highest BCUT2D eigenvalue weighted by Crippen LogP contribution is 2.45. The van der Waals surface area contributed by atoms with E-state index >= 15 is 0 Å². The average molecular weight is 543 g/mol. The van der Waals surface area contributed by atoms with Crippen LogP contribution in [0.25, 0.3) is 0 Å². The average Bonchev–Trinajstić information content (AvgIpc) is 2.95. The van der Waals surface area contributed by atoms with Gasteiger partial charge in [0.25, 0.3) is 0 Å². The SMILES string of the molecule is CCCOc1ccc(C2C(C#N)=C(N)Oc3cc(OC(=O)c4ccc(OCC(C)C)cc4)ccc32)cc1OCC. The number of nitriles is 1. The minimum absolute atomic E-state index is 0.00951. The number of esters is 1. The highest BCUT2D eigenvalue weighted by Gasteiger charge is 2.32. The van der Waals surface area contributed by atoms with Crippen molar-refractivity contribution in [2.45, 2.75) is 40.0 Å². The van der Waals surface area contributed by atoms with Crippen molar-refractivity contribution in [1.29, 1.82) is 5.26 Å². The summed E-state index contributed by atoms with van der Waals surface area (Å²) in [5.41, 5.74) is 8.35. The molecule has 40 heavy (non-hydrogen) atoms. The van der Waals surface area contributed by atoms with E-state index in [0.29, 0.717) is 59.9 Å². The van der Waals surface area contributed by atoms with E-state index in [1.54, 1.807) is 42.5 Å². The Bertz CT molecular complexity index is 1420. The second-order valence-electron chi connectivity index (χ2n) is 9.73. The monoisotopic (exact) mass is 542 g/mol. The first-order chi connectivity index (χ1) is 19.3. The number of allylic oxidation sites excluding steroid dienone is 1. The Kier molecular flexibility index (Phi) is 9.18. The third-order valence-corrected chi connectivity index (χ3v) is 6.14. The molecule has 0 amide bonds. The smallest absolute Gasteiger partial charge is 0.343 e. The fraction of sp³-hybridized carbons (Fsp3) is 0.312. The van der Waals surface area contributed by atoms with Gasteiger partial charge in [-0.05, 0) is 67.3 Å². The molecule has 0 spiro atoms. The van der Waals surface area contributed by atoms with Crippen LogP contribution in [0.5, 0.6) is 28.7 Å². The number of carbonyl (C=O) groups excluding carboxylic acids is 1. The van der Waals surface area contributed by atoms with Crippen molar-refractivity contribution in [3.05, 3.63) is 88.8 Å². The molecule has 3 aromatic rings. The molecule has 0 radical (unpaired) electrons. The lowest BCUT2D eigenvalue weighted by Gasteiger charge is -2.27. The molecule has 1 aliphatic rings. The fourth-order valence-electron chi connectivity index (χ4n) is 4.26. The summed E-state index contributed by atoms with van der Waals surface area (Å²) >= 11 is 0. The number of hydrogen-bond donors (Lipinski definition) is 1. The third kappa shape index (κ3) is 6.49. The van der Waals surface area contributed by atoms with Crippen LogP contribution in [0.15, 0.2) is 72.1 Å². The number of carbonyl (C=O) groups is 1. The summed E-state index contributed by atoms with van der Waals surface area (Å²) in [5, 5.41) is 9.94. The van der Waals surface area contributed by atoms with Crippen LogP contribution in [0.3, 0.4) is 0 Å². The number of hydrogen-bond acceptors (Lipinski definition) is 8. The molecule has 0 fully saturated rings. The Hall–Kier alpha value is -4.64. The van der Waals surface area contributed by atoms with Crippen molar-refractivity contribution in [1.82, 2.24) is 0 Å². The molecular formula is C32H34N2O6. The maximum Gasteiger partial charge on any atom is 0.343 e. The summed E-state index contributed by atoms with van der Waals surface area (Å²) < 4.78 is 28.8. The van der Waals surface area contributed by atoms with Crippen molar-refractivity contribution >= 4 is 5.97 Å². The molecule has 0 aliphatic carbocycles. The van der Waals surface area contributed by atoms with E-state index in [2.05, 4.69) is 19.9 Å². The summed E-state index contributed by atoms with van der Waals surface area (Å²) in [6.45, 7) is 9.68. The van der Waals surface area contributed by atoms with Crippen LogP contribution in [0, 0.1) is 17.2 Å². The minimum Gasteiger partial charge on any atom is -0.493 e. The van der Waals surface area contributed by atoms with Gasteiger partial charge in [0.2, 0.25) is 5.88 Å². The van der Waals surface area contributed by atoms with Gasteiger partial charge < -0.3 is 29.4 Å². The Morgan fingerprint density at radius 3 is 2.40 bits per heavy atom. The third-order valence-electron chi connectivity index (χ3n) is 6.14. The van der Waals surface area contributed by atoms with Gasteiger partial charge in [0, 0.05) is 11.6 Å². The summed E-state index contributed by atoms with van der Waals surface area (Å²) in [6.07, 6.45) is 0.865. The molecule has 208 valence electrons. The van der Waals surface area contributed by atoms with Gasteiger partial charge in [0.15, 0.2) is 11.5 Å². The van der Waals surface area contributed by atoms with Crippen LogP contribution < -0.4 is 29.4 Å². The number of ether oxygens (including phenoxy) is 5. The first kappa shape index (κ1) is 28.4. The van der Waals surface area contributed by atoms with E-state index in [1.807, 2.05) is 32.0 Å². The van der Waals surface area contributed by atoms with E-state index in [1.165, 1.54) is 0 Å². The number of benzene rings is 3. The lowest BCUT2D eigenvalue weighted by molar-refractivity contribution is 0.0734. The molecule has 1 atom stereocenters. The molecular weight excluding hydrogens is 508 g/mol. The maximum atomic E-state index is 12.8. The quantitative estimate of drug-likeness (QED) is 0.220. The zero-order valence-corrected chi connectivity index (χ0v) is 23.2. The lowest BCUT2D eigenvalue weighted by Crippen LogP contribution is -2.21. The minimum atomic E-state index is -0.520. The van der Waals surface area contributed by atoms with Crippen LogP contribution in [0.4, 0.5) is 0 Å². The summed E-state index contributed by atoms with van der Waals surface area (Å²) in [5.74, 6) is 1.96. The molecule has 4 rings (SSSR count). The van der Waals surface area contributed by atoms with Gasteiger partial charge >= 0.3 is 5.97 Å². The zero-order valence-electron chi connectivity index (χ0n) is 23.2. The van der Waals surface area contributed by atoms with Crippen molar-refractivity contribution < 1.29 is 28.5 Å². The van der Waals surface area contributed by atoms with E-state index in [4.69, 9.17) is 29.4 Å². The first-order valence-corrected chi connectivity index (χ1v) is 13.4. The van der Waals surface area contributed by atoms with Crippen LogP contribution >= 0.6 is 0 Å². The van der Waals surface area contributed by atoms with Gasteiger partial charge in [0.1, 0.15) is 28.9 Å². The van der Waals surface area contributed by atoms with Gasteiger partial charge in [-0.3, -0.25) is 0 Å². The summed E-state index contributed by atoms with van der Waals surface area (Å²) in [4.78, 5) is 12.8. The van der Waals surface area contributed by atoms with Crippen molar-refractivity contribution in [3.8, 4) is 34.8 Å². The molecule has 1 aliphatic heterocycles. The standard InChI is InChI=1S/C32H34N2O6/c1-5-15-37-27-14-9-22(16-29(27)36-6-2)30-25-13-12-24(17-28(25)40-31(34)26(30)18-33)39-32(35)21-7-10-23(11-8-21)38-19-20(3)4/h7-14,16-17,20,30H,5-6,15,19,34H2,1-4H3. The van der Waals surface area contributed by atoms with E-state index in [0.717, 1.165) is 12.0 Å². The predicted molar refractivity (Wildman–Crippen MR) is 151 cm³/mol. The molecule has 2 N–H and O–H groups in total. The van der Waals surface area contributed by atoms with E-state index in [-0.39, 0.29) is 17.2 Å². The zero-order chi connectivity index (χ0) is 28.6. The number of rotatable bonds is 11. The number of fused-ring (bicyclic) bond motifs is 1.